The second-order valence-corrected chi connectivity index (χ2v) is 4.71. The van der Waals surface area contributed by atoms with Gasteiger partial charge in [0.05, 0.1) is 0 Å². The second-order valence-electron chi connectivity index (χ2n) is 3.93. The van der Waals surface area contributed by atoms with Gasteiger partial charge in [-0.25, -0.2) is 9.97 Å². The third-order valence-corrected chi connectivity index (χ3v) is 3.05. The van der Waals surface area contributed by atoms with E-state index in [0.29, 0.717) is 6.04 Å². The van der Waals surface area contributed by atoms with Gasteiger partial charge >= 0.3 is 0 Å². The third-order valence-electron chi connectivity index (χ3n) is 2.32. The van der Waals surface area contributed by atoms with E-state index in [2.05, 4.69) is 39.0 Å². The molecule has 0 amide bonds. The summed E-state index contributed by atoms with van der Waals surface area (Å²) in [7, 11) is 0. The first-order valence-corrected chi connectivity index (χ1v) is 6.24. The summed E-state index contributed by atoms with van der Waals surface area (Å²) in [6, 6.07) is 4.50. The first-order chi connectivity index (χ1) is 7.74. The van der Waals surface area contributed by atoms with Crippen molar-refractivity contribution in [2.75, 3.05) is 5.32 Å². The Morgan fingerprint density at radius 1 is 1.44 bits per heavy atom. The Bertz CT molecular complexity index is 439. The van der Waals surface area contributed by atoms with Crippen LogP contribution in [0.2, 0.25) is 0 Å². The molecule has 2 rings (SSSR count). The highest BCUT2D eigenvalue weighted by atomic mass is 32.1. The van der Waals surface area contributed by atoms with Crippen LogP contribution in [-0.4, -0.2) is 16.0 Å². The molecular weight excluding hydrogens is 218 g/mol. The van der Waals surface area contributed by atoms with Crippen LogP contribution >= 0.6 is 11.3 Å². The van der Waals surface area contributed by atoms with Gasteiger partial charge in [0.15, 0.2) is 0 Å². The molecule has 0 bridgehead atoms. The average molecular weight is 233 g/mol. The average Bonchev–Trinajstić information content (AvgIpc) is 2.70. The number of nitrogens with zero attached hydrogens (tertiary/aromatic N) is 2. The number of rotatable bonds is 4. The van der Waals surface area contributed by atoms with Crippen LogP contribution in [0.5, 0.6) is 0 Å². The minimum Gasteiger partial charge on any atom is -0.367 e. The molecular formula is C12H15N3S. The minimum absolute atomic E-state index is 0.379. The minimum atomic E-state index is 0.379. The van der Waals surface area contributed by atoms with Crippen molar-refractivity contribution in [2.45, 2.75) is 26.3 Å². The van der Waals surface area contributed by atoms with E-state index in [0.717, 1.165) is 17.9 Å². The van der Waals surface area contributed by atoms with Crippen LogP contribution in [0.4, 0.5) is 5.82 Å². The van der Waals surface area contributed by atoms with Crippen molar-refractivity contribution < 1.29 is 0 Å². The van der Waals surface area contributed by atoms with Crippen LogP contribution in [-0.2, 0) is 6.42 Å². The first-order valence-electron chi connectivity index (χ1n) is 5.30. The molecule has 2 aromatic heterocycles. The molecule has 0 fully saturated rings. The summed E-state index contributed by atoms with van der Waals surface area (Å²) in [5, 5.41) is 7.67. The lowest BCUT2D eigenvalue weighted by Gasteiger charge is -2.13. The van der Waals surface area contributed by atoms with E-state index in [1.165, 1.54) is 5.56 Å². The highest BCUT2D eigenvalue weighted by Crippen LogP contribution is 2.11. The molecule has 0 aromatic carbocycles. The quantitative estimate of drug-likeness (QED) is 0.882. The lowest BCUT2D eigenvalue weighted by Crippen LogP contribution is -2.18. The van der Waals surface area contributed by atoms with Crippen LogP contribution < -0.4 is 5.32 Å². The van der Waals surface area contributed by atoms with E-state index in [4.69, 9.17) is 0 Å². The van der Waals surface area contributed by atoms with Crippen molar-refractivity contribution in [1.82, 2.24) is 9.97 Å². The molecule has 1 unspecified atom stereocenters. The molecule has 3 nitrogen and oxygen atoms in total. The van der Waals surface area contributed by atoms with E-state index in [-0.39, 0.29) is 0 Å². The molecule has 1 atom stereocenters. The van der Waals surface area contributed by atoms with Crippen LogP contribution in [0, 0.1) is 6.92 Å². The Kier molecular flexibility index (Phi) is 3.51. The fraction of sp³-hybridized carbons (Fsp3) is 0.333. The maximum absolute atomic E-state index is 4.19. The van der Waals surface area contributed by atoms with Crippen LogP contribution in [0.25, 0.3) is 0 Å². The Morgan fingerprint density at radius 2 is 2.31 bits per heavy atom. The monoisotopic (exact) mass is 233 g/mol. The van der Waals surface area contributed by atoms with E-state index in [1.807, 2.05) is 13.0 Å². The third kappa shape index (κ3) is 3.03. The summed E-state index contributed by atoms with van der Waals surface area (Å²) >= 11 is 1.74. The van der Waals surface area contributed by atoms with Crippen molar-refractivity contribution in [2.24, 2.45) is 0 Å². The summed E-state index contributed by atoms with van der Waals surface area (Å²) < 4.78 is 0. The Morgan fingerprint density at radius 3 is 3.00 bits per heavy atom. The lowest BCUT2D eigenvalue weighted by molar-refractivity contribution is 0.785. The van der Waals surface area contributed by atoms with Gasteiger partial charge in [-0.2, -0.15) is 11.3 Å². The van der Waals surface area contributed by atoms with Crippen molar-refractivity contribution in [3.8, 4) is 0 Å². The van der Waals surface area contributed by atoms with Gasteiger partial charge in [-0.1, -0.05) is 0 Å². The number of aryl methyl sites for hydroxylation is 1. The zero-order chi connectivity index (χ0) is 11.4. The van der Waals surface area contributed by atoms with Gasteiger partial charge in [0.2, 0.25) is 0 Å². The second kappa shape index (κ2) is 5.07. The number of aromatic nitrogens is 2. The van der Waals surface area contributed by atoms with Crippen LogP contribution in [0.1, 0.15) is 18.2 Å². The van der Waals surface area contributed by atoms with Crippen LogP contribution in [0.15, 0.2) is 29.2 Å². The Balaban J connectivity index is 1.94. The maximum Gasteiger partial charge on any atom is 0.129 e. The molecule has 0 aliphatic rings. The fourth-order valence-electron chi connectivity index (χ4n) is 1.60. The number of nitrogens with one attached hydrogen (secondary N) is 1. The normalized spacial score (nSPS) is 12.4. The van der Waals surface area contributed by atoms with Crippen molar-refractivity contribution >= 4 is 17.2 Å². The molecule has 0 aliphatic heterocycles. The SMILES string of the molecule is Cc1cc(NC(C)Cc2ccsc2)ncn1. The largest absolute Gasteiger partial charge is 0.367 e. The molecule has 0 saturated carbocycles. The van der Waals surface area contributed by atoms with Crippen molar-refractivity contribution in [1.29, 1.82) is 0 Å². The molecule has 16 heavy (non-hydrogen) atoms. The number of anilines is 1. The highest BCUT2D eigenvalue weighted by Gasteiger charge is 2.04. The Hall–Kier alpha value is -1.42. The van der Waals surface area contributed by atoms with E-state index in [9.17, 15) is 0 Å². The zero-order valence-corrected chi connectivity index (χ0v) is 10.3. The van der Waals surface area contributed by atoms with Crippen molar-refractivity contribution in [3.05, 3.63) is 40.5 Å². The summed E-state index contributed by atoms with van der Waals surface area (Å²) in [4.78, 5) is 8.26. The van der Waals surface area contributed by atoms with Crippen molar-refractivity contribution in [3.63, 3.8) is 0 Å². The first kappa shape index (κ1) is 11.1. The molecule has 1 N–H and O–H groups in total. The summed E-state index contributed by atoms with van der Waals surface area (Å²) in [6.07, 6.45) is 2.61. The van der Waals surface area contributed by atoms with Gasteiger partial charge in [-0.15, -0.1) is 0 Å². The molecule has 4 heteroatoms. The highest BCUT2D eigenvalue weighted by molar-refractivity contribution is 7.07. The van der Waals surface area contributed by atoms with E-state index in [1.54, 1.807) is 17.7 Å². The predicted octanol–water partition coefficient (Wildman–Crippen LogP) is 2.89. The lowest BCUT2D eigenvalue weighted by atomic mass is 10.1. The van der Waals surface area contributed by atoms with Crippen LogP contribution in [0.3, 0.4) is 0 Å². The number of hydrogen-bond donors (Lipinski definition) is 1. The predicted molar refractivity (Wildman–Crippen MR) is 67.9 cm³/mol. The molecule has 0 aliphatic carbocycles. The summed E-state index contributed by atoms with van der Waals surface area (Å²) in [5.41, 5.74) is 2.36. The topological polar surface area (TPSA) is 37.8 Å². The van der Waals surface area contributed by atoms with Gasteiger partial charge in [0, 0.05) is 17.8 Å². The van der Waals surface area contributed by atoms with Gasteiger partial charge in [-0.3, -0.25) is 0 Å². The maximum atomic E-state index is 4.19. The van der Waals surface area contributed by atoms with E-state index >= 15 is 0 Å². The number of hydrogen-bond acceptors (Lipinski definition) is 4. The molecule has 0 saturated heterocycles. The molecule has 2 heterocycles. The molecule has 84 valence electrons. The molecule has 0 radical (unpaired) electrons. The number of thiophene rings is 1. The van der Waals surface area contributed by atoms with Gasteiger partial charge in [0.25, 0.3) is 0 Å². The summed E-state index contributed by atoms with van der Waals surface area (Å²) in [5.74, 6) is 0.898. The fourth-order valence-corrected chi connectivity index (χ4v) is 2.28. The molecule has 2 aromatic rings. The zero-order valence-electron chi connectivity index (χ0n) is 9.47. The summed E-state index contributed by atoms with van der Waals surface area (Å²) in [6.45, 7) is 4.13. The van der Waals surface area contributed by atoms with Gasteiger partial charge < -0.3 is 5.32 Å². The van der Waals surface area contributed by atoms with E-state index < -0.39 is 0 Å². The standard InChI is InChI=1S/C12H15N3S/c1-9-6-12(14-8-13-9)15-10(2)5-11-3-4-16-7-11/h3-4,6-8,10H,5H2,1-2H3,(H,13,14,15). The van der Waals surface area contributed by atoms with Gasteiger partial charge in [-0.05, 0) is 42.7 Å². The molecule has 0 spiro atoms. The Labute approximate surface area is 99.6 Å². The van der Waals surface area contributed by atoms with Gasteiger partial charge in [0.1, 0.15) is 12.1 Å². The smallest absolute Gasteiger partial charge is 0.129 e.